The largest absolute Gasteiger partial charge is 0.434 e. The van der Waals surface area contributed by atoms with Crippen molar-refractivity contribution in [2.45, 2.75) is 12.5 Å². The average Bonchev–Trinajstić information content (AvgIpc) is 2.34. The second kappa shape index (κ2) is 4.66. The van der Waals surface area contributed by atoms with Crippen LogP contribution in [0.5, 0.6) is 0 Å². The first-order chi connectivity index (χ1) is 8.50. The number of fused-ring (bicyclic) bond motifs is 1. The highest BCUT2D eigenvalue weighted by atomic mass is 16.7. The van der Waals surface area contributed by atoms with Gasteiger partial charge in [-0.3, -0.25) is 4.79 Å². The summed E-state index contributed by atoms with van der Waals surface area (Å²) in [7, 11) is 3.09. The summed E-state index contributed by atoms with van der Waals surface area (Å²) in [4.78, 5) is 29.8. The van der Waals surface area contributed by atoms with Gasteiger partial charge in [0, 0.05) is 14.1 Å². The van der Waals surface area contributed by atoms with Crippen molar-refractivity contribution < 1.29 is 14.4 Å². The van der Waals surface area contributed by atoms with E-state index in [0.29, 0.717) is 12.1 Å². The molecular formula is C12H15N3O3. The molecule has 0 saturated carbocycles. The molecule has 1 atom stereocenters. The molecule has 0 saturated heterocycles. The zero-order valence-corrected chi connectivity index (χ0v) is 10.3. The lowest BCUT2D eigenvalue weighted by Gasteiger charge is -2.31. The lowest BCUT2D eigenvalue weighted by molar-refractivity contribution is -0.125. The Morgan fingerprint density at radius 2 is 2.11 bits per heavy atom. The molecule has 2 amide bonds. The van der Waals surface area contributed by atoms with Gasteiger partial charge in [-0.15, -0.1) is 5.06 Å². The lowest BCUT2D eigenvalue weighted by atomic mass is 9.99. The van der Waals surface area contributed by atoms with E-state index in [9.17, 15) is 9.59 Å². The van der Waals surface area contributed by atoms with Gasteiger partial charge in [0.25, 0.3) is 5.91 Å². The van der Waals surface area contributed by atoms with E-state index in [2.05, 4.69) is 0 Å². The summed E-state index contributed by atoms with van der Waals surface area (Å²) in [6.45, 7) is 0. The van der Waals surface area contributed by atoms with Gasteiger partial charge in [-0.05, 0) is 18.1 Å². The minimum Gasteiger partial charge on any atom is -0.320 e. The van der Waals surface area contributed by atoms with Gasteiger partial charge in [0.15, 0.2) is 0 Å². The maximum Gasteiger partial charge on any atom is 0.434 e. The van der Waals surface area contributed by atoms with E-state index in [1.165, 1.54) is 4.90 Å². The van der Waals surface area contributed by atoms with Crippen LogP contribution < -0.4 is 10.8 Å². The predicted octanol–water partition coefficient (Wildman–Crippen LogP) is 0.516. The van der Waals surface area contributed by atoms with Crippen LogP contribution in [0.1, 0.15) is 5.56 Å². The first-order valence-corrected chi connectivity index (χ1v) is 5.57. The molecule has 96 valence electrons. The smallest absolute Gasteiger partial charge is 0.320 e. The Morgan fingerprint density at radius 3 is 2.78 bits per heavy atom. The number of nitrogens with zero attached hydrogens (tertiary/aromatic N) is 2. The van der Waals surface area contributed by atoms with Gasteiger partial charge in [-0.2, -0.15) is 0 Å². The van der Waals surface area contributed by atoms with Gasteiger partial charge in [-0.1, -0.05) is 18.2 Å². The molecule has 1 aliphatic rings. The first-order valence-electron chi connectivity index (χ1n) is 5.57. The molecule has 1 heterocycles. The highest BCUT2D eigenvalue weighted by molar-refractivity contribution is 5.99. The van der Waals surface area contributed by atoms with Gasteiger partial charge >= 0.3 is 6.09 Å². The Morgan fingerprint density at radius 1 is 1.44 bits per heavy atom. The fraction of sp³-hybridized carbons (Fsp3) is 0.333. The molecule has 0 aromatic heterocycles. The van der Waals surface area contributed by atoms with Crippen LogP contribution in [0, 0.1) is 0 Å². The molecule has 6 nitrogen and oxygen atoms in total. The van der Waals surface area contributed by atoms with Crippen LogP contribution in [-0.2, 0) is 16.1 Å². The SMILES string of the molecule is CN(C)C(=O)ON1C(=O)[C@H](N)Cc2ccccc21. The Hall–Kier alpha value is -2.08. The van der Waals surface area contributed by atoms with Crippen molar-refractivity contribution >= 4 is 17.7 Å². The molecule has 0 radical (unpaired) electrons. The Kier molecular flexibility index (Phi) is 3.20. The molecule has 0 spiro atoms. The third-order valence-corrected chi connectivity index (χ3v) is 2.70. The van der Waals surface area contributed by atoms with Crippen molar-refractivity contribution in [2.75, 3.05) is 19.2 Å². The lowest BCUT2D eigenvalue weighted by Crippen LogP contribution is -2.50. The number of hydrogen-bond donors (Lipinski definition) is 1. The quantitative estimate of drug-likeness (QED) is 0.787. The zero-order valence-electron chi connectivity index (χ0n) is 10.3. The van der Waals surface area contributed by atoms with E-state index in [0.717, 1.165) is 10.6 Å². The number of carbonyl (C=O) groups is 2. The highest BCUT2D eigenvalue weighted by Gasteiger charge is 2.33. The van der Waals surface area contributed by atoms with Crippen LogP contribution >= 0.6 is 0 Å². The van der Waals surface area contributed by atoms with Crippen molar-refractivity contribution in [2.24, 2.45) is 5.73 Å². The molecule has 2 rings (SSSR count). The molecule has 0 fully saturated rings. The number of nitrogens with two attached hydrogens (primary N) is 1. The number of hydroxylamine groups is 1. The second-order valence-electron chi connectivity index (χ2n) is 4.32. The Bertz CT molecular complexity index is 487. The summed E-state index contributed by atoms with van der Waals surface area (Å²) in [5, 5.41) is 0.978. The summed E-state index contributed by atoms with van der Waals surface area (Å²) < 4.78 is 0. The van der Waals surface area contributed by atoms with Crippen LogP contribution in [0.4, 0.5) is 10.5 Å². The topological polar surface area (TPSA) is 75.9 Å². The van der Waals surface area contributed by atoms with Gasteiger partial charge in [-0.25, -0.2) is 4.79 Å². The van der Waals surface area contributed by atoms with E-state index in [1.807, 2.05) is 12.1 Å². The standard InChI is InChI=1S/C12H15N3O3/c1-14(2)12(17)18-15-10-6-4-3-5-8(10)7-9(13)11(15)16/h3-6,9H,7,13H2,1-2H3/t9-/m1/s1. The molecule has 1 aliphatic heterocycles. The number of carbonyl (C=O) groups excluding carboxylic acids is 2. The van der Waals surface area contributed by atoms with Crippen molar-refractivity contribution in [3.8, 4) is 0 Å². The molecule has 0 aliphatic carbocycles. The number of anilines is 1. The minimum absolute atomic E-state index is 0.413. The van der Waals surface area contributed by atoms with Gasteiger partial charge in [0.05, 0.1) is 11.7 Å². The third kappa shape index (κ3) is 2.14. The number of hydrogen-bond acceptors (Lipinski definition) is 4. The molecule has 1 aromatic rings. The van der Waals surface area contributed by atoms with Crippen LogP contribution in [0.3, 0.4) is 0 Å². The Labute approximate surface area is 105 Å². The molecule has 1 aromatic carbocycles. The van der Waals surface area contributed by atoms with Gasteiger partial charge in [0.1, 0.15) is 0 Å². The minimum atomic E-state index is -0.685. The molecule has 2 N–H and O–H groups in total. The number of rotatable bonds is 1. The van der Waals surface area contributed by atoms with E-state index in [-0.39, 0.29) is 0 Å². The highest BCUT2D eigenvalue weighted by Crippen LogP contribution is 2.27. The van der Waals surface area contributed by atoms with Crippen molar-refractivity contribution in [3.05, 3.63) is 29.8 Å². The Balaban J connectivity index is 2.33. The monoisotopic (exact) mass is 249 g/mol. The van der Waals surface area contributed by atoms with Gasteiger partial charge < -0.3 is 15.5 Å². The maximum absolute atomic E-state index is 12.0. The number of benzene rings is 1. The average molecular weight is 249 g/mol. The van der Waals surface area contributed by atoms with Crippen molar-refractivity contribution in [1.82, 2.24) is 4.90 Å². The molecule has 6 heteroatoms. The van der Waals surface area contributed by atoms with Crippen molar-refractivity contribution in [3.63, 3.8) is 0 Å². The third-order valence-electron chi connectivity index (χ3n) is 2.70. The van der Waals surface area contributed by atoms with E-state index in [4.69, 9.17) is 10.6 Å². The summed E-state index contributed by atoms with van der Waals surface area (Å²) in [6, 6.07) is 6.53. The summed E-state index contributed by atoms with van der Waals surface area (Å²) in [5.74, 6) is -0.413. The normalized spacial score (nSPS) is 18.3. The van der Waals surface area contributed by atoms with E-state index in [1.54, 1.807) is 26.2 Å². The van der Waals surface area contributed by atoms with Crippen molar-refractivity contribution in [1.29, 1.82) is 0 Å². The molecule has 0 unspecified atom stereocenters. The summed E-state index contributed by atoms with van der Waals surface area (Å²) in [6.07, 6.45) is -0.169. The van der Waals surface area contributed by atoms with Gasteiger partial charge in [0.2, 0.25) is 0 Å². The van der Waals surface area contributed by atoms with E-state index >= 15 is 0 Å². The summed E-state index contributed by atoms with van der Waals surface area (Å²) in [5.41, 5.74) is 7.19. The number of para-hydroxylation sites is 1. The first kappa shape index (κ1) is 12.4. The molecular weight excluding hydrogens is 234 g/mol. The fourth-order valence-corrected chi connectivity index (χ4v) is 1.73. The summed E-state index contributed by atoms with van der Waals surface area (Å²) >= 11 is 0. The predicted molar refractivity (Wildman–Crippen MR) is 65.8 cm³/mol. The second-order valence-corrected chi connectivity index (χ2v) is 4.32. The van der Waals surface area contributed by atoms with Crippen LogP contribution in [0.15, 0.2) is 24.3 Å². The number of amides is 2. The van der Waals surface area contributed by atoms with Crippen LogP contribution in [0.2, 0.25) is 0 Å². The molecule has 18 heavy (non-hydrogen) atoms. The van der Waals surface area contributed by atoms with Crippen LogP contribution in [-0.4, -0.2) is 37.0 Å². The van der Waals surface area contributed by atoms with Crippen LogP contribution in [0.25, 0.3) is 0 Å². The van der Waals surface area contributed by atoms with E-state index < -0.39 is 18.0 Å². The zero-order chi connectivity index (χ0) is 13.3. The maximum atomic E-state index is 12.0. The molecule has 0 bridgehead atoms. The fourth-order valence-electron chi connectivity index (χ4n) is 1.73.